The Kier molecular flexibility index (Phi) is 3.85. The van der Waals surface area contributed by atoms with Crippen molar-refractivity contribution in [2.75, 3.05) is 0 Å². The van der Waals surface area contributed by atoms with Gasteiger partial charge in [0.15, 0.2) is 11.4 Å². The van der Waals surface area contributed by atoms with Crippen molar-refractivity contribution in [1.29, 1.82) is 0 Å². The van der Waals surface area contributed by atoms with E-state index in [0.717, 1.165) is 9.54 Å². The molecule has 5 nitrogen and oxygen atoms in total. The highest BCUT2D eigenvalue weighted by Gasteiger charge is 2.22. The third-order valence-corrected chi connectivity index (χ3v) is 5.84. The van der Waals surface area contributed by atoms with E-state index >= 15 is 0 Å². The second kappa shape index (κ2) is 5.58. The third kappa shape index (κ3) is 2.70. The first-order valence-corrected chi connectivity index (χ1v) is 9.04. The van der Waals surface area contributed by atoms with Crippen LogP contribution in [0.25, 0.3) is 11.0 Å². The zero-order valence-electron chi connectivity index (χ0n) is 12.4. The number of rotatable bonds is 3. The minimum absolute atomic E-state index is 0.125. The molecule has 0 aliphatic heterocycles. The van der Waals surface area contributed by atoms with Crippen LogP contribution in [0.3, 0.4) is 0 Å². The Labute approximate surface area is 142 Å². The molecule has 0 aliphatic rings. The van der Waals surface area contributed by atoms with Gasteiger partial charge in [0.25, 0.3) is 10.0 Å². The first kappa shape index (κ1) is 15.9. The van der Waals surface area contributed by atoms with Crippen LogP contribution in [-0.2, 0) is 10.0 Å². The summed E-state index contributed by atoms with van der Waals surface area (Å²) in [5.74, 6) is -0.125. The van der Waals surface area contributed by atoms with Crippen molar-refractivity contribution in [3.05, 3.63) is 58.3 Å². The topological polar surface area (TPSA) is 69.0 Å². The summed E-state index contributed by atoms with van der Waals surface area (Å²) >= 11 is 3.34. The van der Waals surface area contributed by atoms with Gasteiger partial charge in [-0.2, -0.15) is 0 Å². The fraction of sp³-hybridized carbons (Fsp3) is 0.125. The predicted octanol–water partition coefficient (Wildman–Crippen LogP) is 3.55. The van der Waals surface area contributed by atoms with E-state index in [1.807, 2.05) is 6.92 Å². The Bertz CT molecular complexity index is 1020. The highest BCUT2D eigenvalue weighted by molar-refractivity contribution is 9.10. The molecule has 7 heteroatoms. The van der Waals surface area contributed by atoms with Crippen LogP contribution in [0, 0.1) is 6.92 Å². The molecule has 2 aromatic heterocycles. The minimum Gasteiger partial charge on any atom is -0.294 e. The molecule has 3 rings (SSSR count). The number of aryl methyl sites for hydroxylation is 1. The van der Waals surface area contributed by atoms with Crippen LogP contribution in [0.5, 0.6) is 0 Å². The SMILES string of the molecule is CC(=O)c1cnc2c(c1)c(Br)cn2S(=O)(=O)c1ccc(C)cc1. The molecule has 118 valence electrons. The molecule has 0 unspecified atom stereocenters. The summed E-state index contributed by atoms with van der Waals surface area (Å²) in [6.07, 6.45) is 2.84. The van der Waals surface area contributed by atoms with E-state index in [1.165, 1.54) is 19.3 Å². The van der Waals surface area contributed by atoms with Crippen LogP contribution in [0.4, 0.5) is 0 Å². The molecule has 23 heavy (non-hydrogen) atoms. The van der Waals surface area contributed by atoms with Gasteiger partial charge in [-0.1, -0.05) is 17.7 Å². The standard InChI is InChI=1S/C16H13BrN2O3S/c1-10-3-5-13(6-4-10)23(21,22)19-9-15(17)14-7-12(11(2)20)8-18-16(14)19/h3-9H,1-2H3. The molecule has 0 amide bonds. The maximum atomic E-state index is 12.8. The maximum absolute atomic E-state index is 12.8. The van der Waals surface area contributed by atoms with Crippen LogP contribution < -0.4 is 0 Å². The number of benzene rings is 1. The first-order chi connectivity index (χ1) is 10.8. The van der Waals surface area contributed by atoms with Crippen LogP contribution in [-0.4, -0.2) is 23.2 Å². The number of aromatic nitrogens is 2. The van der Waals surface area contributed by atoms with E-state index < -0.39 is 10.0 Å². The summed E-state index contributed by atoms with van der Waals surface area (Å²) in [5.41, 5.74) is 1.69. The van der Waals surface area contributed by atoms with Gasteiger partial charge in [-0.05, 0) is 48.0 Å². The summed E-state index contributed by atoms with van der Waals surface area (Å²) in [4.78, 5) is 15.8. The molecule has 0 radical (unpaired) electrons. The molecule has 0 saturated heterocycles. The van der Waals surface area contributed by atoms with Gasteiger partial charge >= 0.3 is 0 Å². The number of carbonyl (C=O) groups excluding carboxylic acids is 1. The lowest BCUT2D eigenvalue weighted by molar-refractivity contribution is 0.101. The monoisotopic (exact) mass is 392 g/mol. The van der Waals surface area contributed by atoms with E-state index in [9.17, 15) is 13.2 Å². The number of ketones is 1. The van der Waals surface area contributed by atoms with E-state index in [2.05, 4.69) is 20.9 Å². The van der Waals surface area contributed by atoms with E-state index in [-0.39, 0.29) is 16.3 Å². The number of pyridine rings is 1. The zero-order valence-corrected chi connectivity index (χ0v) is 14.8. The third-order valence-electron chi connectivity index (χ3n) is 3.55. The summed E-state index contributed by atoms with van der Waals surface area (Å²) < 4.78 is 27.3. The average molecular weight is 393 g/mol. The van der Waals surface area contributed by atoms with Crippen molar-refractivity contribution in [3.8, 4) is 0 Å². The van der Waals surface area contributed by atoms with Gasteiger partial charge in [0, 0.05) is 27.8 Å². The summed E-state index contributed by atoms with van der Waals surface area (Å²) in [6.45, 7) is 3.33. The number of nitrogens with zero attached hydrogens (tertiary/aromatic N) is 2. The number of hydrogen-bond acceptors (Lipinski definition) is 4. The molecule has 0 fully saturated rings. The van der Waals surface area contributed by atoms with Gasteiger partial charge in [-0.3, -0.25) is 4.79 Å². The van der Waals surface area contributed by atoms with Gasteiger partial charge in [0.05, 0.1) is 4.90 Å². The molecule has 2 heterocycles. The molecule has 0 N–H and O–H groups in total. The van der Waals surface area contributed by atoms with Crippen LogP contribution >= 0.6 is 15.9 Å². The van der Waals surface area contributed by atoms with Crippen molar-refractivity contribution >= 4 is 42.8 Å². The van der Waals surface area contributed by atoms with E-state index in [1.54, 1.807) is 30.3 Å². The lowest BCUT2D eigenvalue weighted by Gasteiger charge is -2.07. The number of hydrogen-bond donors (Lipinski definition) is 0. The Morgan fingerprint density at radius 2 is 1.87 bits per heavy atom. The van der Waals surface area contributed by atoms with Crippen molar-refractivity contribution in [1.82, 2.24) is 8.96 Å². The normalized spacial score (nSPS) is 11.8. The summed E-state index contributed by atoms with van der Waals surface area (Å²) in [6, 6.07) is 8.25. The molecule has 0 aliphatic carbocycles. The Balaban J connectivity index is 2.24. The fourth-order valence-corrected chi connectivity index (χ4v) is 4.20. The van der Waals surface area contributed by atoms with Crippen molar-refractivity contribution in [2.45, 2.75) is 18.7 Å². The van der Waals surface area contributed by atoms with Crippen molar-refractivity contribution in [2.24, 2.45) is 0 Å². The summed E-state index contributed by atoms with van der Waals surface area (Å²) in [5, 5.41) is 0.577. The highest BCUT2D eigenvalue weighted by atomic mass is 79.9. The van der Waals surface area contributed by atoms with Gasteiger partial charge in [0.1, 0.15) is 0 Å². The quantitative estimate of drug-likeness (QED) is 0.639. The highest BCUT2D eigenvalue weighted by Crippen LogP contribution is 2.29. The fourth-order valence-electron chi connectivity index (χ4n) is 2.24. The molecular formula is C16H13BrN2O3S. The largest absolute Gasteiger partial charge is 0.294 e. The lowest BCUT2D eigenvalue weighted by Crippen LogP contribution is -2.12. The van der Waals surface area contributed by atoms with Crippen LogP contribution in [0.2, 0.25) is 0 Å². The van der Waals surface area contributed by atoms with Gasteiger partial charge < -0.3 is 0 Å². The second-order valence-electron chi connectivity index (χ2n) is 5.24. The van der Waals surface area contributed by atoms with Gasteiger partial charge in [-0.15, -0.1) is 0 Å². The Morgan fingerprint density at radius 3 is 2.48 bits per heavy atom. The minimum atomic E-state index is -3.76. The molecule has 0 spiro atoms. The van der Waals surface area contributed by atoms with Crippen molar-refractivity contribution < 1.29 is 13.2 Å². The second-order valence-corrected chi connectivity index (χ2v) is 7.91. The predicted molar refractivity (Wildman–Crippen MR) is 91.2 cm³/mol. The molecule has 0 bridgehead atoms. The van der Waals surface area contributed by atoms with Crippen LogP contribution in [0.1, 0.15) is 22.8 Å². The number of halogens is 1. The Hall–Kier alpha value is -1.99. The van der Waals surface area contributed by atoms with Gasteiger partial charge in [0.2, 0.25) is 0 Å². The van der Waals surface area contributed by atoms with Gasteiger partial charge in [-0.25, -0.2) is 17.4 Å². The van der Waals surface area contributed by atoms with E-state index in [4.69, 9.17) is 0 Å². The number of Topliss-reactive ketones (excluding diaryl/α,β-unsaturated/α-hetero) is 1. The van der Waals surface area contributed by atoms with Crippen LogP contribution in [0.15, 0.2) is 52.1 Å². The molecule has 1 aromatic carbocycles. The smallest absolute Gasteiger partial charge is 0.269 e. The first-order valence-electron chi connectivity index (χ1n) is 6.80. The zero-order chi connectivity index (χ0) is 16.8. The molecule has 3 aromatic rings. The molecule has 0 saturated carbocycles. The lowest BCUT2D eigenvalue weighted by atomic mass is 10.2. The summed E-state index contributed by atoms with van der Waals surface area (Å²) in [7, 11) is -3.76. The van der Waals surface area contributed by atoms with E-state index in [0.29, 0.717) is 15.4 Å². The Morgan fingerprint density at radius 1 is 1.22 bits per heavy atom. The number of carbonyl (C=O) groups is 1. The molecular weight excluding hydrogens is 380 g/mol. The average Bonchev–Trinajstić information content (AvgIpc) is 2.85. The maximum Gasteiger partial charge on any atom is 0.269 e. The van der Waals surface area contributed by atoms with Crippen molar-refractivity contribution in [3.63, 3.8) is 0 Å². The number of fused-ring (bicyclic) bond motifs is 1. The molecule has 0 atom stereocenters.